The number of rotatable bonds is 7. The first-order valence-corrected chi connectivity index (χ1v) is 10.4. The monoisotopic (exact) mass is 422 g/mol. The van der Waals surface area contributed by atoms with E-state index >= 15 is 0 Å². The number of nitro groups is 1. The number of aliphatic hydroxyl groups excluding tert-OH is 1. The lowest BCUT2D eigenvalue weighted by Crippen LogP contribution is -2.30. The number of hydrogen-bond donors (Lipinski definition) is 1. The van der Waals surface area contributed by atoms with Gasteiger partial charge in [0.2, 0.25) is 0 Å². The summed E-state index contributed by atoms with van der Waals surface area (Å²) >= 11 is 0. The van der Waals surface area contributed by atoms with Crippen LogP contribution in [0.3, 0.4) is 0 Å². The molecule has 1 amide bonds. The van der Waals surface area contributed by atoms with Crippen LogP contribution in [0.4, 0.5) is 5.69 Å². The number of nitro benzene ring substituents is 1. The number of Topliss-reactive ketones (excluding diaryl/α,β-unsaturated/α-hetero) is 1. The molecule has 0 bridgehead atoms. The lowest BCUT2D eigenvalue weighted by atomic mass is 9.93. The number of non-ortho nitro benzene ring substituents is 1. The molecule has 2 aromatic rings. The van der Waals surface area contributed by atoms with Crippen molar-refractivity contribution in [3.05, 3.63) is 80.9 Å². The van der Waals surface area contributed by atoms with Crippen molar-refractivity contribution in [2.75, 3.05) is 6.54 Å². The normalized spacial score (nSPS) is 18.1. The molecule has 31 heavy (non-hydrogen) atoms. The van der Waals surface area contributed by atoms with E-state index in [1.54, 1.807) is 0 Å². The van der Waals surface area contributed by atoms with Crippen LogP contribution in [0.2, 0.25) is 0 Å². The lowest BCUT2D eigenvalue weighted by Gasteiger charge is -2.25. The number of nitrogens with zero attached hydrogens (tertiary/aromatic N) is 2. The summed E-state index contributed by atoms with van der Waals surface area (Å²) in [5, 5.41) is 22.1. The first-order chi connectivity index (χ1) is 14.8. The van der Waals surface area contributed by atoms with Gasteiger partial charge in [0, 0.05) is 24.2 Å². The standard InChI is InChI=1S/C24H26N2O5/c1-4-5-13-25-21(17-11-9-16(10-12-17)15(2)3)20(23(28)24(25)29)22(27)18-7-6-8-19(14-18)26(30)31/h6-12,14-15,21,27H,4-5,13H2,1-3H3/b22-20-. The molecule has 2 aromatic carbocycles. The maximum Gasteiger partial charge on any atom is 0.295 e. The minimum absolute atomic E-state index is 0.0427. The van der Waals surface area contributed by atoms with Crippen LogP contribution in [0, 0.1) is 10.1 Å². The Kier molecular flexibility index (Phi) is 6.53. The first kappa shape index (κ1) is 22.2. The van der Waals surface area contributed by atoms with Crippen molar-refractivity contribution >= 4 is 23.1 Å². The van der Waals surface area contributed by atoms with Crippen molar-refractivity contribution in [2.45, 2.75) is 45.6 Å². The fourth-order valence-corrected chi connectivity index (χ4v) is 3.77. The highest BCUT2D eigenvalue weighted by Crippen LogP contribution is 2.40. The summed E-state index contributed by atoms with van der Waals surface area (Å²) in [5.74, 6) is -1.53. The van der Waals surface area contributed by atoms with Crippen molar-refractivity contribution < 1.29 is 19.6 Å². The molecule has 1 aliphatic heterocycles. The van der Waals surface area contributed by atoms with Crippen molar-refractivity contribution in [1.82, 2.24) is 4.90 Å². The van der Waals surface area contributed by atoms with Crippen molar-refractivity contribution in [1.29, 1.82) is 0 Å². The smallest absolute Gasteiger partial charge is 0.295 e. The van der Waals surface area contributed by atoms with E-state index < -0.39 is 28.4 Å². The third-order valence-electron chi connectivity index (χ3n) is 5.54. The minimum Gasteiger partial charge on any atom is -0.507 e. The second-order valence-corrected chi connectivity index (χ2v) is 7.97. The van der Waals surface area contributed by atoms with Crippen LogP contribution in [0.25, 0.3) is 5.76 Å². The Balaban J connectivity index is 2.16. The molecule has 7 nitrogen and oxygen atoms in total. The Hall–Kier alpha value is -3.48. The van der Waals surface area contributed by atoms with Gasteiger partial charge in [-0.3, -0.25) is 19.7 Å². The highest BCUT2D eigenvalue weighted by molar-refractivity contribution is 6.46. The van der Waals surface area contributed by atoms with Gasteiger partial charge in [-0.2, -0.15) is 0 Å². The van der Waals surface area contributed by atoms with Gasteiger partial charge in [-0.05, 0) is 23.5 Å². The summed E-state index contributed by atoms with van der Waals surface area (Å²) in [6.45, 7) is 6.52. The number of carbonyl (C=O) groups excluding carboxylic acids is 2. The molecule has 1 unspecified atom stereocenters. The molecular weight excluding hydrogens is 396 g/mol. The summed E-state index contributed by atoms with van der Waals surface area (Å²) in [6.07, 6.45) is 1.55. The van der Waals surface area contributed by atoms with Gasteiger partial charge in [-0.25, -0.2) is 0 Å². The summed E-state index contributed by atoms with van der Waals surface area (Å²) in [5.41, 5.74) is 1.71. The molecule has 1 heterocycles. The van der Waals surface area contributed by atoms with E-state index in [4.69, 9.17) is 0 Å². The molecule has 162 valence electrons. The van der Waals surface area contributed by atoms with Crippen molar-refractivity contribution in [3.63, 3.8) is 0 Å². The molecule has 1 aliphatic rings. The third-order valence-corrected chi connectivity index (χ3v) is 5.54. The average Bonchev–Trinajstić information content (AvgIpc) is 3.02. The Morgan fingerprint density at radius 1 is 1.16 bits per heavy atom. The maximum absolute atomic E-state index is 12.9. The first-order valence-electron chi connectivity index (χ1n) is 10.4. The lowest BCUT2D eigenvalue weighted by molar-refractivity contribution is -0.384. The van der Waals surface area contributed by atoms with Gasteiger partial charge in [-0.15, -0.1) is 0 Å². The van der Waals surface area contributed by atoms with E-state index in [0.29, 0.717) is 24.4 Å². The second-order valence-electron chi connectivity index (χ2n) is 7.97. The largest absolute Gasteiger partial charge is 0.507 e. The van der Waals surface area contributed by atoms with Crippen LogP contribution < -0.4 is 0 Å². The number of ketones is 1. The van der Waals surface area contributed by atoms with Crippen molar-refractivity contribution in [2.24, 2.45) is 0 Å². The molecule has 0 saturated carbocycles. The van der Waals surface area contributed by atoms with E-state index in [-0.39, 0.29) is 16.8 Å². The van der Waals surface area contributed by atoms with Gasteiger partial charge in [-0.1, -0.05) is 63.6 Å². The number of aliphatic hydroxyl groups is 1. The quantitative estimate of drug-likeness (QED) is 0.224. The summed E-state index contributed by atoms with van der Waals surface area (Å²) in [7, 11) is 0. The second kappa shape index (κ2) is 9.12. The van der Waals surface area contributed by atoms with Gasteiger partial charge in [0.05, 0.1) is 16.5 Å². The summed E-state index contributed by atoms with van der Waals surface area (Å²) in [4.78, 5) is 37.8. The summed E-state index contributed by atoms with van der Waals surface area (Å²) in [6, 6.07) is 12.3. The fourth-order valence-electron chi connectivity index (χ4n) is 3.77. The predicted octanol–water partition coefficient (Wildman–Crippen LogP) is 4.94. The van der Waals surface area contributed by atoms with Crippen LogP contribution in [0.5, 0.6) is 0 Å². The Morgan fingerprint density at radius 3 is 2.42 bits per heavy atom. The van der Waals surface area contributed by atoms with E-state index in [2.05, 4.69) is 13.8 Å². The number of hydrogen-bond acceptors (Lipinski definition) is 5. The predicted molar refractivity (Wildman–Crippen MR) is 118 cm³/mol. The topological polar surface area (TPSA) is 101 Å². The number of likely N-dealkylation sites (tertiary alicyclic amines) is 1. The zero-order chi connectivity index (χ0) is 22.7. The molecular formula is C24H26N2O5. The number of unbranched alkanes of at least 4 members (excludes halogenated alkanes) is 1. The van der Waals surface area contributed by atoms with Crippen LogP contribution in [0.15, 0.2) is 54.1 Å². The molecule has 0 radical (unpaired) electrons. The fraction of sp³-hybridized carbons (Fsp3) is 0.333. The minimum atomic E-state index is -0.780. The Labute approximate surface area is 181 Å². The van der Waals surface area contributed by atoms with E-state index in [1.165, 1.54) is 29.2 Å². The van der Waals surface area contributed by atoms with E-state index in [0.717, 1.165) is 12.0 Å². The highest BCUT2D eigenvalue weighted by atomic mass is 16.6. The maximum atomic E-state index is 12.9. The molecule has 0 aliphatic carbocycles. The molecule has 0 aromatic heterocycles. The Bertz CT molecular complexity index is 1040. The molecule has 1 saturated heterocycles. The van der Waals surface area contributed by atoms with Gasteiger partial charge < -0.3 is 10.0 Å². The van der Waals surface area contributed by atoms with Crippen LogP contribution in [-0.2, 0) is 9.59 Å². The Morgan fingerprint density at radius 2 is 1.84 bits per heavy atom. The molecule has 3 rings (SSSR count). The number of benzene rings is 2. The summed E-state index contributed by atoms with van der Waals surface area (Å²) < 4.78 is 0. The average molecular weight is 422 g/mol. The molecule has 1 atom stereocenters. The van der Waals surface area contributed by atoms with E-state index in [1.807, 2.05) is 31.2 Å². The third kappa shape index (κ3) is 4.35. The zero-order valence-corrected chi connectivity index (χ0v) is 17.9. The number of amides is 1. The van der Waals surface area contributed by atoms with E-state index in [9.17, 15) is 24.8 Å². The van der Waals surface area contributed by atoms with Gasteiger partial charge in [0.1, 0.15) is 5.76 Å². The van der Waals surface area contributed by atoms with Crippen LogP contribution in [0.1, 0.15) is 62.3 Å². The van der Waals surface area contributed by atoms with Gasteiger partial charge >= 0.3 is 0 Å². The number of carbonyl (C=O) groups is 2. The van der Waals surface area contributed by atoms with Gasteiger partial charge in [0.15, 0.2) is 0 Å². The highest BCUT2D eigenvalue weighted by Gasteiger charge is 2.45. The van der Waals surface area contributed by atoms with Crippen molar-refractivity contribution in [3.8, 4) is 0 Å². The van der Waals surface area contributed by atoms with Crippen LogP contribution in [-0.4, -0.2) is 33.2 Å². The van der Waals surface area contributed by atoms with Crippen LogP contribution >= 0.6 is 0 Å². The SMILES string of the molecule is CCCCN1C(=O)C(=O)/C(=C(\O)c2cccc([N+](=O)[O-])c2)C1c1ccc(C(C)C)cc1. The molecule has 7 heteroatoms. The molecule has 1 N–H and O–H groups in total. The van der Waals surface area contributed by atoms with Gasteiger partial charge in [0.25, 0.3) is 17.4 Å². The molecule has 1 fully saturated rings. The zero-order valence-electron chi connectivity index (χ0n) is 17.9. The molecule has 0 spiro atoms.